The SMILES string of the molecule is C=C(NC(CC)CCN)OCC1C=CC=CC1. The number of hydrogen-bond acceptors (Lipinski definition) is 3. The van der Waals surface area contributed by atoms with Crippen LogP contribution in [0, 0.1) is 5.92 Å². The first-order valence-corrected chi connectivity index (χ1v) is 6.37. The first-order valence-electron chi connectivity index (χ1n) is 6.37. The summed E-state index contributed by atoms with van der Waals surface area (Å²) in [7, 11) is 0. The van der Waals surface area contributed by atoms with Gasteiger partial charge in [0, 0.05) is 12.0 Å². The maximum Gasteiger partial charge on any atom is 0.179 e. The molecule has 2 atom stereocenters. The molecular formula is C14H24N2O. The zero-order valence-corrected chi connectivity index (χ0v) is 10.7. The summed E-state index contributed by atoms with van der Waals surface area (Å²) in [5.41, 5.74) is 5.54. The number of hydrogen-bond donors (Lipinski definition) is 2. The predicted octanol–water partition coefficient (Wildman–Crippen LogP) is 2.32. The van der Waals surface area contributed by atoms with E-state index in [9.17, 15) is 0 Å². The molecule has 17 heavy (non-hydrogen) atoms. The summed E-state index contributed by atoms with van der Waals surface area (Å²) in [6.07, 6.45) is 11.5. The van der Waals surface area contributed by atoms with Crippen molar-refractivity contribution in [3.63, 3.8) is 0 Å². The topological polar surface area (TPSA) is 47.3 Å². The summed E-state index contributed by atoms with van der Waals surface area (Å²) >= 11 is 0. The molecule has 3 N–H and O–H groups in total. The average Bonchev–Trinajstić information content (AvgIpc) is 2.37. The molecular weight excluding hydrogens is 212 g/mol. The summed E-state index contributed by atoms with van der Waals surface area (Å²) in [5, 5.41) is 3.27. The van der Waals surface area contributed by atoms with Gasteiger partial charge in [-0.05, 0) is 32.4 Å². The van der Waals surface area contributed by atoms with Crippen molar-refractivity contribution in [1.82, 2.24) is 5.32 Å². The molecule has 0 fully saturated rings. The van der Waals surface area contributed by atoms with Gasteiger partial charge in [-0.25, -0.2) is 0 Å². The van der Waals surface area contributed by atoms with Gasteiger partial charge in [0.1, 0.15) is 0 Å². The molecule has 1 aliphatic carbocycles. The lowest BCUT2D eigenvalue weighted by atomic mass is 10.0. The summed E-state index contributed by atoms with van der Waals surface area (Å²) < 4.78 is 5.63. The molecule has 0 amide bonds. The van der Waals surface area contributed by atoms with Crippen LogP contribution in [-0.2, 0) is 4.74 Å². The van der Waals surface area contributed by atoms with Crippen LogP contribution in [0.1, 0.15) is 26.2 Å². The van der Waals surface area contributed by atoms with Crippen molar-refractivity contribution in [3.8, 4) is 0 Å². The number of allylic oxidation sites excluding steroid dienone is 3. The molecule has 0 radical (unpaired) electrons. The molecule has 0 aliphatic heterocycles. The number of nitrogens with one attached hydrogen (secondary N) is 1. The third kappa shape index (κ3) is 5.59. The lowest BCUT2D eigenvalue weighted by Gasteiger charge is -2.21. The summed E-state index contributed by atoms with van der Waals surface area (Å²) in [4.78, 5) is 0. The van der Waals surface area contributed by atoms with E-state index in [0.29, 0.717) is 31.0 Å². The van der Waals surface area contributed by atoms with Crippen molar-refractivity contribution in [2.75, 3.05) is 13.2 Å². The van der Waals surface area contributed by atoms with Crippen LogP contribution < -0.4 is 11.1 Å². The van der Waals surface area contributed by atoms with Gasteiger partial charge in [0.15, 0.2) is 5.88 Å². The van der Waals surface area contributed by atoms with Gasteiger partial charge in [0.2, 0.25) is 0 Å². The van der Waals surface area contributed by atoms with E-state index in [4.69, 9.17) is 10.5 Å². The van der Waals surface area contributed by atoms with Crippen molar-refractivity contribution in [2.24, 2.45) is 11.7 Å². The Balaban J connectivity index is 2.20. The van der Waals surface area contributed by atoms with Crippen molar-refractivity contribution in [1.29, 1.82) is 0 Å². The minimum absolute atomic E-state index is 0.370. The zero-order chi connectivity index (χ0) is 12.5. The van der Waals surface area contributed by atoms with Crippen molar-refractivity contribution in [2.45, 2.75) is 32.2 Å². The zero-order valence-electron chi connectivity index (χ0n) is 10.7. The van der Waals surface area contributed by atoms with Crippen LogP contribution in [-0.4, -0.2) is 19.2 Å². The van der Waals surface area contributed by atoms with Crippen LogP contribution in [0.2, 0.25) is 0 Å². The fourth-order valence-corrected chi connectivity index (χ4v) is 1.81. The molecule has 0 spiro atoms. The molecule has 2 unspecified atom stereocenters. The predicted molar refractivity (Wildman–Crippen MR) is 72.4 cm³/mol. The second-order valence-corrected chi connectivity index (χ2v) is 4.37. The second kappa shape index (κ2) is 7.96. The van der Waals surface area contributed by atoms with Crippen molar-refractivity contribution in [3.05, 3.63) is 36.8 Å². The lowest BCUT2D eigenvalue weighted by molar-refractivity contribution is 0.158. The highest BCUT2D eigenvalue weighted by molar-refractivity contribution is 5.10. The van der Waals surface area contributed by atoms with Gasteiger partial charge in [-0.3, -0.25) is 0 Å². The fourth-order valence-electron chi connectivity index (χ4n) is 1.81. The normalized spacial score (nSPS) is 20.0. The Labute approximate surface area is 104 Å². The van der Waals surface area contributed by atoms with E-state index in [1.807, 2.05) is 0 Å². The van der Waals surface area contributed by atoms with E-state index in [1.54, 1.807) is 0 Å². The molecule has 0 saturated heterocycles. The molecule has 0 aromatic heterocycles. The molecule has 0 aromatic rings. The van der Waals surface area contributed by atoms with E-state index in [0.717, 1.165) is 19.3 Å². The molecule has 3 heteroatoms. The van der Waals surface area contributed by atoms with E-state index >= 15 is 0 Å². The molecule has 1 aliphatic rings. The number of nitrogens with two attached hydrogens (primary N) is 1. The second-order valence-electron chi connectivity index (χ2n) is 4.37. The average molecular weight is 236 g/mol. The summed E-state index contributed by atoms with van der Waals surface area (Å²) in [5.74, 6) is 1.13. The Kier molecular flexibility index (Phi) is 6.48. The molecule has 96 valence electrons. The first kappa shape index (κ1) is 13.8. The van der Waals surface area contributed by atoms with Gasteiger partial charge in [0.05, 0.1) is 6.61 Å². The Morgan fingerprint density at radius 2 is 2.41 bits per heavy atom. The van der Waals surface area contributed by atoms with Crippen LogP contribution in [0.25, 0.3) is 0 Å². The minimum atomic E-state index is 0.370. The van der Waals surface area contributed by atoms with Gasteiger partial charge in [-0.2, -0.15) is 0 Å². The minimum Gasteiger partial charge on any atom is -0.479 e. The lowest BCUT2D eigenvalue weighted by Crippen LogP contribution is -2.31. The van der Waals surface area contributed by atoms with Gasteiger partial charge >= 0.3 is 0 Å². The highest BCUT2D eigenvalue weighted by Crippen LogP contribution is 2.12. The Bertz CT molecular complexity index is 284. The summed E-state index contributed by atoms with van der Waals surface area (Å²) in [6, 6.07) is 0.370. The molecule has 0 saturated carbocycles. The van der Waals surface area contributed by atoms with E-state index in [1.165, 1.54) is 0 Å². The van der Waals surface area contributed by atoms with Crippen LogP contribution in [0.4, 0.5) is 0 Å². The third-order valence-corrected chi connectivity index (χ3v) is 2.91. The highest BCUT2D eigenvalue weighted by atomic mass is 16.5. The van der Waals surface area contributed by atoms with Crippen LogP contribution in [0.3, 0.4) is 0 Å². The van der Waals surface area contributed by atoms with Gasteiger partial charge < -0.3 is 15.8 Å². The molecule has 0 bridgehead atoms. The Morgan fingerprint density at radius 1 is 1.59 bits per heavy atom. The third-order valence-electron chi connectivity index (χ3n) is 2.91. The molecule has 0 aromatic carbocycles. The maximum atomic E-state index is 5.63. The summed E-state index contributed by atoms with van der Waals surface area (Å²) in [6.45, 7) is 7.40. The largest absolute Gasteiger partial charge is 0.479 e. The quantitative estimate of drug-likeness (QED) is 0.636. The van der Waals surface area contributed by atoms with Gasteiger partial charge in [-0.1, -0.05) is 31.2 Å². The van der Waals surface area contributed by atoms with E-state index < -0.39 is 0 Å². The number of ether oxygens (including phenoxy) is 1. The Morgan fingerprint density at radius 3 is 3.00 bits per heavy atom. The first-order chi connectivity index (χ1) is 8.26. The van der Waals surface area contributed by atoms with Gasteiger partial charge in [0.25, 0.3) is 0 Å². The van der Waals surface area contributed by atoms with Gasteiger partial charge in [-0.15, -0.1) is 0 Å². The van der Waals surface area contributed by atoms with E-state index in [2.05, 4.69) is 43.1 Å². The number of rotatable bonds is 8. The molecule has 3 nitrogen and oxygen atoms in total. The maximum absolute atomic E-state index is 5.63. The Hall–Kier alpha value is -1.22. The highest BCUT2D eigenvalue weighted by Gasteiger charge is 2.09. The fraction of sp³-hybridized carbons (Fsp3) is 0.571. The van der Waals surface area contributed by atoms with E-state index in [-0.39, 0.29) is 0 Å². The van der Waals surface area contributed by atoms with Crippen LogP contribution in [0.15, 0.2) is 36.8 Å². The van der Waals surface area contributed by atoms with Crippen LogP contribution in [0.5, 0.6) is 0 Å². The standard InChI is InChI=1S/C14H24N2O/c1-3-14(9-10-15)16-12(2)17-11-13-7-5-4-6-8-13/h4-7,13-14,16H,2-3,8-11,15H2,1H3. The smallest absolute Gasteiger partial charge is 0.179 e. The molecule has 1 rings (SSSR count). The molecule has 0 heterocycles. The van der Waals surface area contributed by atoms with Crippen molar-refractivity contribution < 1.29 is 4.74 Å². The monoisotopic (exact) mass is 236 g/mol. The van der Waals surface area contributed by atoms with Crippen molar-refractivity contribution >= 4 is 0 Å². The van der Waals surface area contributed by atoms with Crippen LogP contribution >= 0.6 is 0 Å².